The minimum Gasteiger partial charge on any atom is -0.205 e. The molecule has 2 rings (SSSR count). The van der Waals surface area contributed by atoms with Gasteiger partial charge in [0.05, 0.1) is 0 Å². The average Bonchev–Trinajstić information content (AvgIpc) is 2.17. The van der Waals surface area contributed by atoms with E-state index in [2.05, 4.69) is 0 Å². The van der Waals surface area contributed by atoms with Crippen molar-refractivity contribution in [3.05, 3.63) is 47.0 Å². The molecule has 0 fully saturated rings. The number of aryl methyl sites for hydroxylation is 2. The molecule has 15 heavy (non-hydrogen) atoms. The third kappa shape index (κ3) is 1.84. The number of alkyl halides is 2. The van der Waals surface area contributed by atoms with Crippen LogP contribution in [0.4, 0.5) is 8.78 Å². The van der Waals surface area contributed by atoms with Gasteiger partial charge in [0.2, 0.25) is 0 Å². The summed E-state index contributed by atoms with van der Waals surface area (Å²) >= 11 is 0. The number of benzene rings is 2. The van der Waals surface area contributed by atoms with Crippen LogP contribution in [0.25, 0.3) is 10.8 Å². The van der Waals surface area contributed by atoms with Crippen LogP contribution in [0.15, 0.2) is 30.3 Å². The summed E-state index contributed by atoms with van der Waals surface area (Å²) in [5.41, 5.74) is 2.02. The van der Waals surface area contributed by atoms with Gasteiger partial charge in [-0.05, 0) is 30.7 Å². The molecule has 0 heterocycles. The van der Waals surface area contributed by atoms with E-state index in [-0.39, 0.29) is 5.56 Å². The maximum Gasteiger partial charge on any atom is 0.264 e. The van der Waals surface area contributed by atoms with Crippen molar-refractivity contribution in [3.63, 3.8) is 0 Å². The van der Waals surface area contributed by atoms with Crippen LogP contribution in [0.5, 0.6) is 0 Å². The highest BCUT2D eigenvalue weighted by atomic mass is 19.3. The first-order chi connectivity index (χ1) is 7.08. The second kappa shape index (κ2) is 3.61. The Morgan fingerprint density at radius 1 is 0.933 bits per heavy atom. The van der Waals surface area contributed by atoms with Gasteiger partial charge in [0, 0.05) is 5.56 Å². The molecule has 0 radical (unpaired) electrons. The van der Waals surface area contributed by atoms with Crippen LogP contribution in [-0.4, -0.2) is 0 Å². The van der Waals surface area contributed by atoms with Gasteiger partial charge in [-0.1, -0.05) is 35.4 Å². The van der Waals surface area contributed by atoms with Crippen LogP contribution in [0.3, 0.4) is 0 Å². The Hall–Kier alpha value is -1.44. The van der Waals surface area contributed by atoms with Gasteiger partial charge in [-0.3, -0.25) is 0 Å². The first kappa shape index (κ1) is 10.1. The lowest BCUT2D eigenvalue weighted by Gasteiger charge is -2.08. The molecule has 2 heteroatoms. The number of rotatable bonds is 1. The zero-order chi connectivity index (χ0) is 11.0. The minimum atomic E-state index is -2.41. The monoisotopic (exact) mass is 206 g/mol. The molecular formula is C13H12F2. The summed E-state index contributed by atoms with van der Waals surface area (Å²) in [6.45, 7) is 3.75. The Labute approximate surface area is 87.5 Å². The molecule has 0 aliphatic carbocycles. The van der Waals surface area contributed by atoms with Crippen LogP contribution in [0.2, 0.25) is 0 Å². The molecule has 2 aromatic carbocycles. The van der Waals surface area contributed by atoms with Crippen molar-refractivity contribution in [1.29, 1.82) is 0 Å². The summed E-state index contributed by atoms with van der Waals surface area (Å²) in [4.78, 5) is 0. The van der Waals surface area contributed by atoms with Crippen molar-refractivity contribution in [2.24, 2.45) is 0 Å². The highest BCUT2D eigenvalue weighted by molar-refractivity contribution is 5.87. The summed E-state index contributed by atoms with van der Waals surface area (Å²) < 4.78 is 25.6. The lowest BCUT2D eigenvalue weighted by atomic mass is 10.00. The van der Waals surface area contributed by atoms with Gasteiger partial charge in [-0.25, -0.2) is 8.78 Å². The summed E-state index contributed by atoms with van der Waals surface area (Å²) in [6.07, 6.45) is -2.41. The van der Waals surface area contributed by atoms with Gasteiger partial charge in [-0.2, -0.15) is 0 Å². The second-order valence-corrected chi connectivity index (χ2v) is 3.88. The van der Waals surface area contributed by atoms with Gasteiger partial charge in [0.25, 0.3) is 6.43 Å². The molecule has 0 bridgehead atoms. The molecule has 0 N–H and O–H groups in total. The van der Waals surface area contributed by atoms with E-state index in [0.717, 1.165) is 16.5 Å². The Morgan fingerprint density at radius 3 is 2.33 bits per heavy atom. The smallest absolute Gasteiger partial charge is 0.205 e. The van der Waals surface area contributed by atoms with Crippen LogP contribution in [-0.2, 0) is 0 Å². The van der Waals surface area contributed by atoms with Gasteiger partial charge >= 0.3 is 0 Å². The fourth-order valence-corrected chi connectivity index (χ4v) is 1.84. The van der Waals surface area contributed by atoms with E-state index < -0.39 is 6.43 Å². The van der Waals surface area contributed by atoms with E-state index in [4.69, 9.17) is 0 Å². The molecule has 0 aliphatic heterocycles. The van der Waals surface area contributed by atoms with Gasteiger partial charge < -0.3 is 0 Å². The third-order valence-electron chi connectivity index (χ3n) is 2.52. The lowest BCUT2D eigenvalue weighted by molar-refractivity contribution is 0.153. The molecule has 0 aromatic heterocycles. The van der Waals surface area contributed by atoms with E-state index in [9.17, 15) is 8.78 Å². The van der Waals surface area contributed by atoms with Gasteiger partial charge in [0.15, 0.2) is 0 Å². The minimum absolute atomic E-state index is 0.133. The number of hydrogen-bond acceptors (Lipinski definition) is 0. The summed E-state index contributed by atoms with van der Waals surface area (Å²) in [7, 11) is 0. The van der Waals surface area contributed by atoms with Gasteiger partial charge in [0.1, 0.15) is 0 Å². The second-order valence-electron chi connectivity index (χ2n) is 3.88. The van der Waals surface area contributed by atoms with Gasteiger partial charge in [-0.15, -0.1) is 0 Å². The third-order valence-corrected chi connectivity index (χ3v) is 2.52. The Kier molecular flexibility index (Phi) is 2.43. The summed E-state index contributed by atoms with van der Waals surface area (Å²) in [5.74, 6) is 0. The predicted molar refractivity (Wildman–Crippen MR) is 58.4 cm³/mol. The van der Waals surface area contributed by atoms with Crippen molar-refractivity contribution >= 4 is 10.8 Å². The summed E-state index contributed by atoms with van der Waals surface area (Å²) in [5, 5.41) is 1.55. The molecule has 0 nitrogen and oxygen atoms in total. The molecule has 0 amide bonds. The van der Waals surface area contributed by atoms with Crippen LogP contribution < -0.4 is 0 Å². The van der Waals surface area contributed by atoms with E-state index in [0.29, 0.717) is 5.39 Å². The van der Waals surface area contributed by atoms with Crippen molar-refractivity contribution < 1.29 is 8.78 Å². The normalized spacial score (nSPS) is 11.3. The summed E-state index contributed by atoms with van der Waals surface area (Å²) in [6, 6.07) is 9.14. The fourth-order valence-electron chi connectivity index (χ4n) is 1.84. The molecule has 2 aromatic rings. The molecule has 0 aliphatic rings. The predicted octanol–water partition coefficient (Wildman–Crippen LogP) is 4.39. The molecule has 0 saturated carbocycles. The molecule has 0 atom stereocenters. The highest BCUT2D eigenvalue weighted by Gasteiger charge is 2.11. The lowest BCUT2D eigenvalue weighted by Crippen LogP contribution is -1.89. The van der Waals surface area contributed by atoms with Crippen molar-refractivity contribution in [1.82, 2.24) is 0 Å². The van der Waals surface area contributed by atoms with Crippen molar-refractivity contribution in [3.8, 4) is 0 Å². The quantitative estimate of drug-likeness (QED) is 0.649. The topological polar surface area (TPSA) is 0 Å². The fraction of sp³-hybridized carbons (Fsp3) is 0.231. The van der Waals surface area contributed by atoms with Crippen LogP contribution in [0, 0.1) is 13.8 Å². The van der Waals surface area contributed by atoms with E-state index in [1.807, 2.05) is 38.1 Å². The maximum absolute atomic E-state index is 12.8. The van der Waals surface area contributed by atoms with E-state index in [1.165, 1.54) is 0 Å². The Balaban J connectivity index is 2.81. The maximum atomic E-state index is 12.8. The first-order valence-electron chi connectivity index (χ1n) is 4.87. The zero-order valence-corrected chi connectivity index (χ0v) is 8.72. The molecule has 0 spiro atoms. The first-order valence-corrected chi connectivity index (χ1v) is 4.87. The standard InChI is InChI=1S/C13H12F2/c1-8-3-4-10-5-9(2)7-12(13(14)15)11(10)6-8/h3-7,13H,1-2H3. The largest absolute Gasteiger partial charge is 0.264 e. The molecular weight excluding hydrogens is 194 g/mol. The SMILES string of the molecule is Cc1cc(C(F)F)c2cc(C)ccc2c1. The zero-order valence-electron chi connectivity index (χ0n) is 8.72. The Bertz CT molecular complexity index is 501. The van der Waals surface area contributed by atoms with Crippen LogP contribution >= 0.6 is 0 Å². The number of fused-ring (bicyclic) bond motifs is 1. The Morgan fingerprint density at radius 2 is 1.67 bits per heavy atom. The van der Waals surface area contributed by atoms with Crippen LogP contribution in [0.1, 0.15) is 23.1 Å². The number of hydrogen-bond donors (Lipinski definition) is 0. The van der Waals surface area contributed by atoms with Crippen molar-refractivity contribution in [2.75, 3.05) is 0 Å². The molecule has 78 valence electrons. The highest BCUT2D eigenvalue weighted by Crippen LogP contribution is 2.29. The number of halogens is 2. The average molecular weight is 206 g/mol. The van der Waals surface area contributed by atoms with Crippen molar-refractivity contribution in [2.45, 2.75) is 20.3 Å². The molecule has 0 unspecified atom stereocenters. The van der Waals surface area contributed by atoms with E-state index in [1.54, 1.807) is 6.07 Å². The molecule has 0 saturated heterocycles. The van der Waals surface area contributed by atoms with E-state index >= 15 is 0 Å².